The molecule has 0 spiro atoms. The number of carbonyl (C=O) groups excluding carboxylic acids is 2. The van der Waals surface area contributed by atoms with Gasteiger partial charge in [0.1, 0.15) is 5.41 Å². The van der Waals surface area contributed by atoms with E-state index >= 15 is 0 Å². The molecule has 2 amide bonds. The second kappa shape index (κ2) is 7.87. The molecule has 0 aliphatic heterocycles. The number of nitrogens with one attached hydrogen (secondary N) is 2. The molecule has 0 aromatic heterocycles. The van der Waals surface area contributed by atoms with Gasteiger partial charge in [-0.1, -0.05) is 19.3 Å². The lowest BCUT2D eigenvalue weighted by molar-refractivity contribution is -0.138. The molecular formula is C14H24N2O4. The van der Waals surface area contributed by atoms with Gasteiger partial charge in [-0.15, -0.1) is 0 Å². The van der Waals surface area contributed by atoms with E-state index in [4.69, 9.17) is 5.11 Å². The van der Waals surface area contributed by atoms with E-state index in [1.165, 1.54) is 0 Å². The monoisotopic (exact) mass is 284 g/mol. The zero-order valence-electron chi connectivity index (χ0n) is 12.0. The van der Waals surface area contributed by atoms with Crippen LogP contribution in [0.1, 0.15) is 51.4 Å². The minimum atomic E-state index is -0.809. The summed E-state index contributed by atoms with van der Waals surface area (Å²) in [6.07, 6.45) is 5.91. The van der Waals surface area contributed by atoms with Crippen LogP contribution >= 0.6 is 0 Å². The van der Waals surface area contributed by atoms with E-state index in [-0.39, 0.29) is 18.2 Å². The topological polar surface area (TPSA) is 95.5 Å². The van der Waals surface area contributed by atoms with Gasteiger partial charge in [0, 0.05) is 20.0 Å². The van der Waals surface area contributed by atoms with Crippen LogP contribution in [-0.2, 0) is 14.4 Å². The predicted octanol–water partition coefficient (Wildman–Crippen LogP) is 1.05. The molecule has 1 fully saturated rings. The van der Waals surface area contributed by atoms with Crippen LogP contribution in [0.2, 0.25) is 0 Å². The van der Waals surface area contributed by atoms with Crippen LogP contribution in [0.4, 0.5) is 0 Å². The van der Waals surface area contributed by atoms with Gasteiger partial charge in [-0.3, -0.25) is 14.4 Å². The molecule has 1 rings (SSSR count). The number of carbonyl (C=O) groups is 3. The maximum atomic E-state index is 11.9. The number of carboxylic acid groups (broad SMARTS) is 1. The molecule has 0 aromatic rings. The van der Waals surface area contributed by atoms with Crippen LogP contribution in [0, 0.1) is 5.41 Å². The van der Waals surface area contributed by atoms with Crippen molar-refractivity contribution in [2.45, 2.75) is 51.4 Å². The Kier molecular flexibility index (Phi) is 6.48. The van der Waals surface area contributed by atoms with E-state index in [1.54, 1.807) is 7.05 Å². The Morgan fingerprint density at radius 3 is 2.15 bits per heavy atom. The van der Waals surface area contributed by atoms with Gasteiger partial charge in [-0.2, -0.15) is 0 Å². The van der Waals surface area contributed by atoms with Gasteiger partial charge in [0.2, 0.25) is 11.8 Å². The fourth-order valence-electron chi connectivity index (χ4n) is 2.22. The second-order valence-electron chi connectivity index (χ2n) is 5.33. The molecule has 6 nitrogen and oxygen atoms in total. The van der Waals surface area contributed by atoms with Crippen molar-refractivity contribution in [3.8, 4) is 0 Å². The van der Waals surface area contributed by atoms with Crippen molar-refractivity contribution >= 4 is 17.8 Å². The molecule has 0 radical (unpaired) electrons. The highest BCUT2D eigenvalue weighted by atomic mass is 16.4. The maximum Gasteiger partial charge on any atom is 0.303 e. The van der Waals surface area contributed by atoms with Crippen molar-refractivity contribution in [2.75, 3.05) is 13.6 Å². The minimum Gasteiger partial charge on any atom is -0.481 e. The first-order valence-electron chi connectivity index (χ1n) is 7.25. The summed E-state index contributed by atoms with van der Waals surface area (Å²) in [5.74, 6) is -1.10. The first-order chi connectivity index (χ1) is 9.53. The molecule has 0 aromatic carbocycles. The molecule has 1 aliphatic rings. The number of hydrogen-bond acceptors (Lipinski definition) is 3. The lowest BCUT2D eigenvalue weighted by Gasteiger charge is -2.13. The van der Waals surface area contributed by atoms with E-state index in [0.717, 1.165) is 25.7 Å². The van der Waals surface area contributed by atoms with Crippen molar-refractivity contribution in [1.29, 1.82) is 0 Å². The molecule has 0 saturated heterocycles. The van der Waals surface area contributed by atoms with E-state index in [9.17, 15) is 14.4 Å². The zero-order valence-corrected chi connectivity index (χ0v) is 12.0. The van der Waals surface area contributed by atoms with Crippen molar-refractivity contribution in [3.63, 3.8) is 0 Å². The van der Waals surface area contributed by atoms with Crippen LogP contribution < -0.4 is 10.6 Å². The SMILES string of the molecule is CNC(=O)C1(C(=O)NCCCCCCCC(=O)O)CC1. The Bertz CT molecular complexity index is 364. The van der Waals surface area contributed by atoms with Crippen LogP contribution in [0.5, 0.6) is 0 Å². The van der Waals surface area contributed by atoms with Gasteiger partial charge in [-0.05, 0) is 25.7 Å². The first-order valence-corrected chi connectivity index (χ1v) is 7.25. The van der Waals surface area contributed by atoms with Crippen molar-refractivity contribution in [2.24, 2.45) is 5.41 Å². The van der Waals surface area contributed by atoms with E-state index in [1.807, 2.05) is 0 Å². The van der Waals surface area contributed by atoms with Crippen molar-refractivity contribution in [1.82, 2.24) is 10.6 Å². The molecule has 1 aliphatic carbocycles. The highest BCUT2D eigenvalue weighted by Crippen LogP contribution is 2.45. The number of unbranched alkanes of at least 4 members (excludes halogenated alkanes) is 4. The summed E-state index contributed by atoms with van der Waals surface area (Å²) >= 11 is 0. The Balaban J connectivity index is 2.03. The van der Waals surface area contributed by atoms with Crippen LogP contribution in [0.15, 0.2) is 0 Å². The number of hydrogen-bond donors (Lipinski definition) is 3. The fourth-order valence-corrected chi connectivity index (χ4v) is 2.22. The molecule has 114 valence electrons. The minimum absolute atomic E-state index is 0.164. The van der Waals surface area contributed by atoms with Crippen LogP contribution in [0.3, 0.4) is 0 Å². The number of rotatable bonds is 10. The Morgan fingerprint density at radius 2 is 1.60 bits per heavy atom. The lowest BCUT2D eigenvalue weighted by atomic mass is 10.1. The fraction of sp³-hybridized carbons (Fsp3) is 0.786. The van der Waals surface area contributed by atoms with Gasteiger partial charge in [0.25, 0.3) is 0 Å². The quantitative estimate of drug-likeness (QED) is 0.413. The summed E-state index contributed by atoms with van der Waals surface area (Å²) in [7, 11) is 1.55. The highest BCUT2D eigenvalue weighted by Gasteiger charge is 2.55. The molecular weight excluding hydrogens is 260 g/mol. The van der Waals surface area contributed by atoms with E-state index < -0.39 is 11.4 Å². The standard InChI is InChI=1S/C14H24N2O4/c1-15-12(19)14(8-9-14)13(20)16-10-6-4-2-3-5-7-11(17)18/h2-10H2,1H3,(H,15,19)(H,16,20)(H,17,18). The Labute approximate surface area is 119 Å². The average Bonchev–Trinajstić information content (AvgIpc) is 3.21. The molecule has 0 unspecified atom stereocenters. The summed E-state index contributed by atoms with van der Waals surface area (Å²) in [6, 6.07) is 0. The van der Waals surface area contributed by atoms with Crippen LogP contribution in [-0.4, -0.2) is 36.5 Å². The molecule has 6 heteroatoms. The molecule has 0 atom stereocenters. The van der Waals surface area contributed by atoms with Gasteiger partial charge in [0.05, 0.1) is 0 Å². The molecule has 1 saturated carbocycles. The van der Waals surface area contributed by atoms with Gasteiger partial charge in [-0.25, -0.2) is 0 Å². The smallest absolute Gasteiger partial charge is 0.303 e. The molecule has 20 heavy (non-hydrogen) atoms. The van der Waals surface area contributed by atoms with Crippen molar-refractivity contribution in [3.05, 3.63) is 0 Å². The Morgan fingerprint density at radius 1 is 1.00 bits per heavy atom. The average molecular weight is 284 g/mol. The van der Waals surface area contributed by atoms with Gasteiger partial charge >= 0.3 is 5.97 Å². The highest BCUT2D eigenvalue weighted by molar-refractivity contribution is 6.07. The van der Waals surface area contributed by atoms with Gasteiger partial charge < -0.3 is 15.7 Å². The van der Waals surface area contributed by atoms with Gasteiger partial charge in [0.15, 0.2) is 0 Å². The molecule has 0 bridgehead atoms. The largest absolute Gasteiger partial charge is 0.481 e. The maximum absolute atomic E-state index is 11.9. The van der Waals surface area contributed by atoms with Crippen molar-refractivity contribution < 1.29 is 19.5 Å². The molecule has 3 N–H and O–H groups in total. The second-order valence-corrected chi connectivity index (χ2v) is 5.33. The predicted molar refractivity (Wildman–Crippen MR) is 74.1 cm³/mol. The van der Waals surface area contributed by atoms with E-state index in [0.29, 0.717) is 25.8 Å². The third kappa shape index (κ3) is 4.83. The lowest BCUT2D eigenvalue weighted by Crippen LogP contribution is -2.42. The van der Waals surface area contributed by atoms with E-state index in [2.05, 4.69) is 10.6 Å². The summed E-state index contributed by atoms with van der Waals surface area (Å²) in [5.41, 5.74) is -0.809. The number of amides is 2. The third-order valence-electron chi connectivity index (χ3n) is 3.70. The summed E-state index contributed by atoms with van der Waals surface area (Å²) in [4.78, 5) is 33.8. The summed E-state index contributed by atoms with van der Waals surface area (Å²) in [5, 5.41) is 13.8. The first kappa shape index (κ1) is 16.5. The normalized spacial score (nSPS) is 15.4. The molecule has 0 heterocycles. The third-order valence-corrected chi connectivity index (χ3v) is 3.70. The number of aliphatic carboxylic acids is 1. The summed E-state index contributed by atoms with van der Waals surface area (Å²) < 4.78 is 0. The number of carboxylic acids is 1. The zero-order chi connectivity index (χ0) is 15.0. The Hall–Kier alpha value is -1.59. The van der Waals surface area contributed by atoms with Crippen LogP contribution in [0.25, 0.3) is 0 Å². The summed E-state index contributed by atoms with van der Waals surface area (Å²) in [6.45, 7) is 0.580.